The number of hydrogen-bond donors (Lipinski definition) is 2. The van der Waals surface area contributed by atoms with Crippen LogP contribution in [-0.4, -0.2) is 16.8 Å². The van der Waals surface area contributed by atoms with E-state index in [2.05, 4.69) is 22.5 Å². The summed E-state index contributed by atoms with van der Waals surface area (Å²) in [4.78, 5) is 27.3. The molecule has 0 saturated heterocycles. The summed E-state index contributed by atoms with van der Waals surface area (Å²) < 4.78 is 0. The Kier molecular flexibility index (Phi) is 5.45. The van der Waals surface area contributed by atoms with E-state index < -0.39 is 11.8 Å². The molecule has 6 heteroatoms. The lowest BCUT2D eigenvalue weighted by Gasteiger charge is -2.06. The first-order valence-electron chi connectivity index (χ1n) is 6.80. The molecule has 1 aromatic heterocycles. The molecule has 5 nitrogen and oxygen atoms in total. The zero-order valence-corrected chi connectivity index (χ0v) is 12.6. The number of hydrogen-bond acceptors (Lipinski definition) is 4. The third kappa shape index (κ3) is 4.68. The van der Waals surface area contributed by atoms with Gasteiger partial charge >= 0.3 is 11.8 Å². The molecule has 0 radical (unpaired) electrons. The van der Waals surface area contributed by atoms with Gasteiger partial charge < -0.3 is 5.32 Å². The number of nitrogens with zero attached hydrogens (tertiary/aromatic N) is 1. The molecule has 0 fully saturated rings. The van der Waals surface area contributed by atoms with Crippen LogP contribution in [0.4, 0.5) is 10.8 Å². The van der Waals surface area contributed by atoms with Crippen LogP contribution < -0.4 is 10.6 Å². The lowest BCUT2D eigenvalue weighted by atomic mass is 10.1. The van der Waals surface area contributed by atoms with Crippen LogP contribution in [0.25, 0.3) is 0 Å². The van der Waals surface area contributed by atoms with Crippen molar-refractivity contribution in [1.29, 1.82) is 0 Å². The number of rotatable bonds is 5. The molecule has 2 rings (SSSR count). The van der Waals surface area contributed by atoms with E-state index in [1.165, 1.54) is 16.9 Å². The van der Waals surface area contributed by atoms with Gasteiger partial charge in [0.05, 0.1) is 0 Å². The van der Waals surface area contributed by atoms with Crippen LogP contribution in [0.5, 0.6) is 0 Å². The lowest BCUT2D eigenvalue weighted by Crippen LogP contribution is -2.28. The van der Waals surface area contributed by atoms with Crippen LogP contribution in [-0.2, 0) is 16.0 Å². The number of unbranched alkanes of at least 4 members (excludes halogenated alkanes) is 1. The van der Waals surface area contributed by atoms with Crippen LogP contribution in [0.15, 0.2) is 35.8 Å². The molecule has 2 N–H and O–H groups in total. The molecule has 0 aliphatic rings. The zero-order valence-electron chi connectivity index (χ0n) is 11.8. The van der Waals surface area contributed by atoms with Crippen molar-refractivity contribution < 1.29 is 9.59 Å². The van der Waals surface area contributed by atoms with Gasteiger partial charge in [0.15, 0.2) is 5.13 Å². The van der Waals surface area contributed by atoms with Gasteiger partial charge in [-0.3, -0.25) is 14.9 Å². The van der Waals surface area contributed by atoms with E-state index in [9.17, 15) is 9.59 Å². The van der Waals surface area contributed by atoms with Gasteiger partial charge in [-0.05, 0) is 30.5 Å². The van der Waals surface area contributed by atoms with Crippen LogP contribution in [0, 0.1) is 0 Å². The average Bonchev–Trinajstić information content (AvgIpc) is 2.99. The van der Waals surface area contributed by atoms with Gasteiger partial charge in [-0.15, -0.1) is 11.3 Å². The molecule has 0 saturated carbocycles. The number of anilines is 2. The molecule has 110 valence electrons. The third-order valence-corrected chi connectivity index (χ3v) is 3.58. The summed E-state index contributed by atoms with van der Waals surface area (Å²) in [5, 5.41) is 7.13. The van der Waals surface area contributed by atoms with Gasteiger partial charge in [0.2, 0.25) is 0 Å². The molecule has 1 aromatic carbocycles. The monoisotopic (exact) mass is 303 g/mol. The minimum Gasteiger partial charge on any atom is -0.318 e. The summed E-state index contributed by atoms with van der Waals surface area (Å²) >= 11 is 1.26. The smallest absolute Gasteiger partial charge is 0.315 e. The fourth-order valence-corrected chi connectivity index (χ4v) is 2.29. The molecular formula is C15H17N3O2S. The van der Waals surface area contributed by atoms with Gasteiger partial charge in [-0.25, -0.2) is 4.98 Å². The number of aromatic nitrogens is 1. The first-order valence-corrected chi connectivity index (χ1v) is 7.67. The summed E-state index contributed by atoms with van der Waals surface area (Å²) in [5.74, 6) is -1.42. The summed E-state index contributed by atoms with van der Waals surface area (Å²) in [6, 6.07) is 7.53. The van der Waals surface area contributed by atoms with Crippen molar-refractivity contribution >= 4 is 34.0 Å². The van der Waals surface area contributed by atoms with Crippen molar-refractivity contribution in [3.8, 4) is 0 Å². The SMILES string of the molecule is CCCCc1ccc(NC(=O)C(=O)Nc2nccs2)cc1. The van der Waals surface area contributed by atoms with Gasteiger partial charge in [0.1, 0.15) is 0 Å². The maximum atomic E-state index is 11.7. The highest BCUT2D eigenvalue weighted by Gasteiger charge is 2.14. The Morgan fingerprint density at radius 3 is 2.48 bits per heavy atom. The molecule has 2 amide bonds. The number of thiazole rings is 1. The fourth-order valence-electron chi connectivity index (χ4n) is 1.76. The molecule has 0 spiro atoms. The maximum Gasteiger partial charge on any atom is 0.315 e. The Morgan fingerprint density at radius 1 is 1.14 bits per heavy atom. The Labute approximate surface area is 127 Å². The van der Waals surface area contributed by atoms with Gasteiger partial charge in [-0.2, -0.15) is 0 Å². The van der Waals surface area contributed by atoms with E-state index in [4.69, 9.17) is 0 Å². The lowest BCUT2D eigenvalue weighted by molar-refractivity contribution is -0.132. The van der Waals surface area contributed by atoms with Crippen molar-refractivity contribution in [2.24, 2.45) is 0 Å². The van der Waals surface area contributed by atoms with Crippen molar-refractivity contribution in [1.82, 2.24) is 4.98 Å². The predicted molar refractivity (Wildman–Crippen MR) is 84.4 cm³/mol. The van der Waals surface area contributed by atoms with E-state index in [-0.39, 0.29) is 0 Å². The number of aryl methyl sites for hydroxylation is 1. The summed E-state index contributed by atoms with van der Waals surface area (Å²) in [5.41, 5.74) is 1.83. The topological polar surface area (TPSA) is 71.1 Å². The van der Waals surface area contributed by atoms with Gasteiger partial charge in [-0.1, -0.05) is 25.5 Å². The van der Waals surface area contributed by atoms with Crippen molar-refractivity contribution in [2.45, 2.75) is 26.2 Å². The second kappa shape index (κ2) is 7.54. The quantitative estimate of drug-likeness (QED) is 0.834. The Bertz CT molecular complexity index is 594. The second-order valence-corrected chi connectivity index (χ2v) is 5.44. The van der Waals surface area contributed by atoms with E-state index in [0.717, 1.165) is 19.3 Å². The minimum atomic E-state index is -0.722. The molecular weight excluding hydrogens is 286 g/mol. The predicted octanol–water partition coefficient (Wildman–Crippen LogP) is 3.06. The maximum absolute atomic E-state index is 11.7. The standard InChI is InChI=1S/C15H17N3O2S/c1-2-3-4-11-5-7-12(8-6-11)17-13(19)14(20)18-15-16-9-10-21-15/h5-10H,2-4H2,1H3,(H,17,19)(H,16,18,20). The fraction of sp³-hybridized carbons (Fsp3) is 0.267. The molecule has 0 aliphatic heterocycles. The summed E-state index contributed by atoms with van der Waals surface area (Å²) in [6.45, 7) is 2.15. The van der Waals surface area contributed by atoms with E-state index in [1.807, 2.05) is 12.1 Å². The number of carbonyl (C=O) groups excluding carboxylic acids is 2. The summed E-state index contributed by atoms with van der Waals surface area (Å²) in [6.07, 6.45) is 4.87. The molecule has 0 aliphatic carbocycles. The van der Waals surface area contributed by atoms with Crippen molar-refractivity contribution in [3.05, 3.63) is 41.4 Å². The molecule has 0 unspecified atom stereocenters. The largest absolute Gasteiger partial charge is 0.318 e. The third-order valence-electron chi connectivity index (χ3n) is 2.89. The number of nitrogens with one attached hydrogen (secondary N) is 2. The van der Waals surface area contributed by atoms with Crippen LogP contribution in [0.1, 0.15) is 25.3 Å². The van der Waals surface area contributed by atoms with Gasteiger partial charge in [0, 0.05) is 17.3 Å². The van der Waals surface area contributed by atoms with Crippen LogP contribution >= 0.6 is 11.3 Å². The molecule has 1 heterocycles. The summed E-state index contributed by atoms with van der Waals surface area (Å²) in [7, 11) is 0. The van der Waals surface area contributed by atoms with E-state index in [1.54, 1.807) is 23.7 Å². The normalized spacial score (nSPS) is 10.1. The highest BCUT2D eigenvalue weighted by Crippen LogP contribution is 2.13. The number of carbonyl (C=O) groups is 2. The zero-order chi connectivity index (χ0) is 15.1. The molecule has 0 bridgehead atoms. The Hall–Kier alpha value is -2.21. The first-order chi connectivity index (χ1) is 10.2. The molecule has 21 heavy (non-hydrogen) atoms. The van der Waals surface area contributed by atoms with Crippen molar-refractivity contribution in [3.63, 3.8) is 0 Å². The second-order valence-electron chi connectivity index (χ2n) is 4.55. The van der Waals surface area contributed by atoms with Crippen LogP contribution in [0.3, 0.4) is 0 Å². The number of benzene rings is 1. The minimum absolute atomic E-state index is 0.407. The number of amides is 2. The Morgan fingerprint density at radius 2 is 1.86 bits per heavy atom. The highest BCUT2D eigenvalue weighted by atomic mass is 32.1. The highest BCUT2D eigenvalue weighted by molar-refractivity contribution is 7.13. The first kappa shape index (κ1) is 15.2. The average molecular weight is 303 g/mol. The van der Waals surface area contributed by atoms with Crippen molar-refractivity contribution in [2.75, 3.05) is 10.6 Å². The van der Waals surface area contributed by atoms with Gasteiger partial charge in [0.25, 0.3) is 0 Å². The molecule has 2 aromatic rings. The van der Waals surface area contributed by atoms with E-state index >= 15 is 0 Å². The van der Waals surface area contributed by atoms with Crippen LogP contribution in [0.2, 0.25) is 0 Å². The van der Waals surface area contributed by atoms with E-state index in [0.29, 0.717) is 10.8 Å². The Balaban J connectivity index is 1.88. The molecule has 0 atom stereocenters.